The number of nitrogens with zero attached hydrogens (tertiary/aromatic N) is 1. The van der Waals surface area contributed by atoms with Crippen LogP contribution in [0, 0.1) is 6.92 Å². The maximum Gasteiger partial charge on any atom is 0.405 e. The maximum atomic E-state index is 13.4. The molecule has 0 saturated heterocycles. The second kappa shape index (κ2) is 21.3. The van der Waals surface area contributed by atoms with Gasteiger partial charge in [0.1, 0.15) is 34.4 Å². The van der Waals surface area contributed by atoms with Crippen LogP contribution in [0.5, 0.6) is 11.5 Å². The van der Waals surface area contributed by atoms with Crippen LogP contribution in [0.3, 0.4) is 0 Å². The van der Waals surface area contributed by atoms with Gasteiger partial charge in [0.2, 0.25) is 5.91 Å². The van der Waals surface area contributed by atoms with Crippen molar-refractivity contribution in [3.63, 3.8) is 0 Å². The van der Waals surface area contributed by atoms with E-state index in [1.165, 1.54) is 5.56 Å². The number of carbonyl (C=O) groups excluding carboxylic acids is 1. The molecular formula is C41H45F3N3O3PS3. The summed E-state index contributed by atoms with van der Waals surface area (Å²) in [4.78, 5) is 17.6. The highest BCUT2D eigenvalue weighted by Gasteiger charge is 2.49. The van der Waals surface area contributed by atoms with E-state index in [2.05, 4.69) is 73.6 Å². The molecule has 0 unspecified atom stereocenters. The molecule has 0 spiro atoms. The van der Waals surface area contributed by atoms with Gasteiger partial charge in [0.25, 0.3) is 0 Å². The molecule has 6 rings (SSSR count). The lowest BCUT2D eigenvalue weighted by Crippen LogP contribution is -2.47. The summed E-state index contributed by atoms with van der Waals surface area (Å²) < 4.78 is 50.9. The average Bonchev–Trinajstić information content (AvgIpc) is 3.82. The molecule has 2 N–H and O–H groups in total. The highest BCUT2D eigenvalue weighted by Crippen LogP contribution is 2.51. The number of carbonyl (C=O) groups is 1. The summed E-state index contributed by atoms with van der Waals surface area (Å²) in [5, 5.41) is 7.40. The van der Waals surface area contributed by atoms with Gasteiger partial charge in [-0.15, -0.1) is 11.3 Å². The zero-order valence-electron chi connectivity index (χ0n) is 30.5. The van der Waals surface area contributed by atoms with Crippen molar-refractivity contribution in [3.8, 4) is 22.6 Å². The predicted octanol–water partition coefficient (Wildman–Crippen LogP) is 10.3. The van der Waals surface area contributed by atoms with E-state index in [1.54, 1.807) is 36.4 Å². The number of alkyl halides is 3. The molecular weight excluding hydrogens is 767 g/mol. The summed E-state index contributed by atoms with van der Waals surface area (Å²) in [5.41, 5.74) is 5.83. The van der Waals surface area contributed by atoms with Crippen LogP contribution in [-0.4, -0.2) is 43.0 Å². The minimum atomic E-state index is -4.46. The Morgan fingerprint density at radius 3 is 2.22 bits per heavy atom. The summed E-state index contributed by atoms with van der Waals surface area (Å²) in [5.74, 6) is 1.94. The first-order chi connectivity index (χ1) is 26.1. The van der Waals surface area contributed by atoms with E-state index in [0.29, 0.717) is 19.4 Å². The largest absolute Gasteiger partial charge is 0.496 e. The van der Waals surface area contributed by atoms with E-state index >= 15 is 0 Å². The van der Waals surface area contributed by atoms with Crippen molar-refractivity contribution >= 4 is 48.8 Å². The number of ether oxygens (including phenoxy) is 2. The summed E-state index contributed by atoms with van der Waals surface area (Å²) in [6, 6.07) is 29.4. The van der Waals surface area contributed by atoms with E-state index in [1.807, 2.05) is 72.1 Å². The van der Waals surface area contributed by atoms with Gasteiger partial charge >= 0.3 is 6.18 Å². The van der Waals surface area contributed by atoms with Crippen LogP contribution in [0.25, 0.3) is 11.1 Å². The molecule has 54 heavy (non-hydrogen) atoms. The molecule has 0 saturated carbocycles. The molecule has 0 atom stereocenters. The number of benzene rings is 4. The molecule has 286 valence electrons. The molecule has 0 radical (unpaired) electrons. The van der Waals surface area contributed by atoms with Gasteiger partial charge in [-0.3, -0.25) is 4.79 Å². The van der Waals surface area contributed by atoms with Gasteiger partial charge in [-0.1, -0.05) is 121 Å². The average molecular weight is 812 g/mol. The Labute approximate surface area is 331 Å². The first-order valence-electron chi connectivity index (χ1n) is 17.5. The number of thiazole rings is 1. The van der Waals surface area contributed by atoms with E-state index in [-0.39, 0.29) is 0 Å². The Bertz CT molecular complexity index is 1870. The van der Waals surface area contributed by atoms with Gasteiger partial charge in [-0.2, -0.15) is 13.2 Å². The Morgan fingerprint density at radius 1 is 0.963 bits per heavy atom. The number of amides is 1. The first kappa shape index (κ1) is 42.9. The number of halogens is 3. The number of hydrogen-bond acceptors (Lipinski definition) is 8. The molecule has 0 aliphatic heterocycles. The van der Waals surface area contributed by atoms with Crippen LogP contribution in [0.4, 0.5) is 13.2 Å². The quantitative estimate of drug-likeness (QED) is 0.0620. The standard InChI is InChI=1S/C23H21F3N2OS2.C18H23NO2.HPS/c24-23(25,26)15-28-20(29)22(11-5-6-13-30-21-27-12-14-31-21)18-9-3-1-7-16(18)17-8-2-4-10-19(17)22;1-4-19-12-16-9-10-17(11-18(16)20-3)21-13-15-7-5-14(2)6-8-15;1-2/h1-4,7-10,12,14H,5-6,11,13,15H2,(H,28,29);5-11,19H,4,12-13H2,1-3H3;1H. The SMILES string of the molecule is CCNCc1ccc(OCc2ccc(C)cc2)cc1OC.O=C(NCC(F)(F)F)C1(CCCCSc2nccs2)c2ccccc2-c2ccccc21.P=S. The molecule has 4 aromatic carbocycles. The van der Waals surface area contributed by atoms with Crippen molar-refractivity contribution in [2.24, 2.45) is 0 Å². The third kappa shape index (κ3) is 11.6. The molecule has 1 aliphatic rings. The van der Waals surface area contributed by atoms with Crippen LogP contribution < -0.4 is 20.1 Å². The number of aromatic nitrogens is 1. The highest BCUT2D eigenvalue weighted by atomic mass is 32.4. The first-order valence-corrected chi connectivity index (χ1v) is 21.0. The molecule has 1 heterocycles. The van der Waals surface area contributed by atoms with Crippen LogP contribution in [0.2, 0.25) is 0 Å². The second-order valence-electron chi connectivity index (χ2n) is 12.4. The summed E-state index contributed by atoms with van der Waals surface area (Å²) in [7, 11) is 4.24. The van der Waals surface area contributed by atoms with E-state index in [9.17, 15) is 18.0 Å². The molecule has 0 bridgehead atoms. The van der Waals surface area contributed by atoms with Gasteiger partial charge in [0.15, 0.2) is 0 Å². The van der Waals surface area contributed by atoms with Gasteiger partial charge in [-0.25, -0.2) is 4.98 Å². The monoisotopic (exact) mass is 811 g/mol. The number of hydrogen-bond donors (Lipinski definition) is 2. The summed E-state index contributed by atoms with van der Waals surface area (Å²) in [6.07, 6.45) is -0.704. The smallest absolute Gasteiger partial charge is 0.405 e. The fraction of sp³-hybridized carbons (Fsp3) is 0.317. The number of rotatable bonds is 15. The Kier molecular flexibility index (Phi) is 17.0. The highest BCUT2D eigenvalue weighted by molar-refractivity contribution is 8.01. The fourth-order valence-electron chi connectivity index (χ4n) is 6.29. The minimum Gasteiger partial charge on any atom is -0.496 e. The zero-order chi connectivity index (χ0) is 39.0. The molecule has 1 aromatic heterocycles. The minimum absolute atomic E-state index is 0.448. The molecule has 13 heteroatoms. The molecule has 1 amide bonds. The molecule has 1 aliphatic carbocycles. The van der Waals surface area contributed by atoms with Crippen molar-refractivity contribution in [2.75, 3.05) is 26.0 Å². The lowest BCUT2D eigenvalue weighted by Gasteiger charge is -2.31. The van der Waals surface area contributed by atoms with Gasteiger partial charge in [-0.05, 0) is 68.2 Å². The predicted molar refractivity (Wildman–Crippen MR) is 220 cm³/mol. The van der Waals surface area contributed by atoms with Crippen LogP contribution in [0.15, 0.2) is 107 Å². The number of nitrogens with one attached hydrogen (secondary N) is 2. The zero-order valence-corrected chi connectivity index (χ0v) is 34.0. The van der Waals surface area contributed by atoms with Crippen molar-refractivity contribution < 1.29 is 27.4 Å². The van der Waals surface area contributed by atoms with Gasteiger partial charge < -0.3 is 20.1 Å². The van der Waals surface area contributed by atoms with Crippen molar-refractivity contribution in [2.45, 2.75) is 62.2 Å². The molecule has 0 fully saturated rings. The Balaban J connectivity index is 0.000000247. The number of unbranched alkanes of at least 4 members (excludes halogenated alkanes) is 1. The molecule has 5 aromatic rings. The maximum absolute atomic E-state index is 13.4. The van der Waals surface area contributed by atoms with E-state index in [0.717, 1.165) is 74.5 Å². The third-order valence-corrected chi connectivity index (χ3v) is 10.9. The Morgan fingerprint density at radius 2 is 1.63 bits per heavy atom. The lowest BCUT2D eigenvalue weighted by atomic mass is 9.73. The Hall–Kier alpha value is -3.80. The molecule has 6 nitrogen and oxygen atoms in total. The van der Waals surface area contributed by atoms with Crippen LogP contribution in [-0.2, 0) is 35.2 Å². The van der Waals surface area contributed by atoms with Crippen molar-refractivity contribution in [1.29, 1.82) is 0 Å². The number of aryl methyl sites for hydroxylation is 1. The number of fused-ring (bicyclic) bond motifs is 3. The number of methoxy groups -OCH3 is 1. The third-order valence-electron chi connectivity index (χ3n) is 8.83. The lowest BCUT2D eigenvalue weighted by molar-refractivity contribution is -0.141. The fourth-order valence-corrected chi connectivity index (χ4v) is 8.00. The van der Waals surface area contributed by atoms with Crippen LogP contribution >= 0.6 is 31.1 Å². The summed E-state index contributed by atoms with van der Waals surface area (Å²) in [6.45, 7) is 5.14. The van der Waals surface area contributed by atoms with Gasteiger partial charge in [0.05, 0.1) is 7.11 Å². The van der Waals surface area contributed by atoms with E-state index in [4.69, 9.17) is 9.47 Å². The van der Waals surface area contributed by atoms with Crippen molar-refractivity contribution in [1.82, 2.24) is 15.6 Å². The summed E-state index contributed by atoms with van der Waals surface area (Å²) >= 11 is 7.13. The van der Waals surface area contributed by atoms with Crippen molar-refractivity contribution in [3.05, 3.63) is 130 Å². The van der Waals surface area contributed by atoms with Gasteiger partial charge in [0, 0.05) is 35.5 Å². The second-order valence-corrected chi connectivity index (χ2v) is 14.7. The normalized spacial score (nSPS) is 12.3. The van der Waals surface area contributed by atoms with E-state index < -0.39 is 24.0 Å². The number of thioether (sulfide) groups is 1. The topological polar surface area (TPSA) is 72.5 Å². The van der Waals surface area contributed by atoms with Crippen LogP contribution in [0.1, 0.15) is 54.0 Å².